The highest BCUT2D eigenvalue weighted by Crippen LogP contribution is 2.10. The van der Waals surface area contributed by atoms with Crippen LogP contribution in [0.5, 0.6) is 0 Å². The lowest BCUT2D eigenvalue weighted by atomic mass is 10.4. The molecule has 3 rings (SSSR count). The van der Waals surface area contributed by atoms with Gasteiger partial charge in [-0.2, -0.15) is 0 Å². The third-order valence-corrected chi connectivity index (χ3v) is 3.21. The summed E-state index contributed by atoms with van der Waals surface area (Å²) < 4.78 is 12.9. The molecular weight excluding hydrogens is 266 g/mol. The van der Waals surface area contributed by atoms with E-state index in [2.05, 4.69) is 5.92 Å². The molecule has 2 atom stereocenters. The van der Waals surface area contributed by atoms with Gasteiger partial charge in [-0.05, 0) is 0 Å². The molecular formula is C12H13N3O5. The molecule has 8 nitrogen and oxygen atoms in total. The van der Waals surface area contributed by atoms with Crippen molar-refractivity contribution in [1.82, 2.24) is 13.7 Å². The maximum absolute atomic E-state index is 12.2. The van der Waals surface area contributed by atoms with E-state index in [4.69, 9.17) is 15.9 Å². The topological polar surface area (TPSA) is 91.1 Å². The summed E-state index contributed by atoms with van der Waals surface area (Å²) in [5, 5.41) is 0. The van der Waals surface area contributed by atoms with Crippen molar-refractivity contribution < 1.29 is 9.47 Å². The summed E-state index contributed by atoms with van der Waals surface area (Å²) in [7, 11) is 0. The van der Waals surface area contributed by atoms with Crippen molar-refractivity contribution in [2.75, 3.05) is 13.2 Å². The molecule has 0 amide bonds. The minimum Gasteiger partial charge on any atom is -0.371 e. The van der Waals surface area contributed by atoms with Crippen LogP contribution in [0.3, 0.4) is 0 Å². The minimum absolute atomic E-state index is 0.133. The van der Waals surface area contributed by atoms with Crippen molar-refractivity contribution in [3.63, 3.8) is 0 Å². The number of hydrogen-bond acceptors (Lipinski definition) is 5. The van der Waals surface area contributed by atoms with Crippen molar-refractivity contribution in [3.8, 4) is 12.3 Å². The zero-order chi connectivity index (χ0) is 14.3. The van der Waals surface area contributed by atoms with Gasteiger partial charge in [0.2, 0.25) is 0 Å². The van der Waals surface area contributed by atoms with E-state index in [0.717, 1.165) is 13.7 Å². The van der Waals surface area contributed by atoms with Crippen LogP contribution in [0.2, 0.25) is 0 Å². The summed E-state index contributed by atoms with van der Waals surface area (Å²) in [6.07, 6.45) is 4.87. The molecule has 3 heterocycles. The summed E-state index contributed by atoms with van der Waals surface area (Å²) >= 11 is 0. The molecule has 0 radical (unpaired) electrons. The van der Waals surface area contributed by atoms with Crippen LogP contribution < -0.4 is 17.1 Å². The molecule has 1 aromatic heterocycles. The van der Waals surface area contributed by atoms with Gasteiger partial charge in [0, 0.05) is 0 Å². The number of terminal acetylenes is 1. The summed E-state index contributed by atoms with van der Waals surface area (Å²) in [5.41, 5.74) is -2.03. The second-order valence-electron chi connectivity index (χ2n) is 4.77. The standard InChI is InChI=1S/C12H13N3O5/c1-2-3-13-10(16)14(4-8-6-19-8)12(18)15(11(13)17)5-9-7-20-9/h1,8-9H,3-7H2. The van der Waals surface area contributed by atoms with Crippen LogP contribution in [0.15, 0.2) is 14.4 Å². The number of ether oxygens (including phenoxy) is 2. The maximum atomic E-state index is 12.2. The van der Waals surface area contributed by atoms with Gasteiger partial charge in [0.1, 0.15) is 0 Å². The van der Waals surface area contributed by atoms with E-state index < -0.39 is 17.1 Å². The fraction of sp³-hybridized carbons (Fsp3) is 0.583. The molecule has 1 aromatic rings. The molecule has 0 spiro atoms. The summed E-state index contributed by atoms with van der Waals surface area (Å²) in [5.74, 6) is 2.25. The Bertz CT molecular complexity index is 690. The van der Waals surface area contributed by atoms with Gasteiger partial charge in [-0.25, -0.2) is 28.1 Å². The molecule has 0 aliphatic carbocycles. The Morgan fingerprint density at radius 2 is 1.35 bits per heavy atom. The lowest BCUT2D eigenvalue weighted by Crippen LogP contribution is -2.55. The Balaban J connectivity index is 2.14. The van der Waals surface area contributed by atoms with Gasteiger partial charge in [0.05, 0.1) is 45.1 Å². The van der Waals surface area contributed by atoms with E-state index in [-0.39, 0.29) is 31.8 Å². The number of nitrogens with zero attached hydrogens (tertiary/aromatic N) is 3. The molecule has 2 saturated heterocycles. The number of rotatable bonds is 5. The van der Waals surface area contributed by atoms with Gasteiger partial charge in [0.15, 0.2) is 0 Å². The molecule has 0 N–H and O–H groups in total. The van der Waals surface area contributed by atoms with Gasteiger partial charge < -0.3 is 9.47 Å². The fourth-order valence-electron chi connectivity index (χ4n) is 1.98. The van der Waals surface area contributed by atoms with Crippen LogP contribution in [-0.4, -0.2) is 39.1 Å². The Labute approximate surface area is 113 Å². The maximum Gasteiger partial charge on any atom is 0.337 e. The number of aromatic nitrogens is 3. The molecule has 2 unspecified atom stereocenters. The van der Waals surface area contributed by atoms with Gasteiger partial charge in [0.25, 0.3) is 0 Å². The van der Waals surface area contributed by atoms with Crippen molar-refractivity contribution in [1.29, 1.82) is 0 Å². The molecule has 2 aliphatic heterocycles. The zero-order valence-corrected chi connectivity index (χ0v) is 10.7. The second kappa shape index (κ2) is 4.77. The first-order valence-corrected chi connectivity index (χ1v) is 6.23. The Hall–Kier alpha value is -2.11. The third-order valence-electron chi connectivity index (χ3n) is 3.21. The van der Waals surface area contributed by atoms with Crippen molar-refractivity contribution in [2.24, 2.45) is 0 Å². The van der Waals surface area contributed by atoms with Crippen LogP contribution in [0.4, 0.5) is 0 Å². The average Bonchev–Trinajstić information content (AvgIpc) is 3.30. The average molecular weight is 279 g/mol. The first kappa shape index (κ1) is 12.9. The van der Waals surface area contributed by atoms with E-state index >= 15 is 0 Å². The smallest absolute Gasteiger partial charge is 0.337 e. The summed E-state index contributed by atoms with van der Waals surface area (Å²) in [6, 6.07) is 0. The Morgan fingerprint density at radius 1 is 0.950 bits per heavy atom. The minimum atomic E-state index is -0.693. The second-order valence-corrected chi connectivity index (χ2v) is 4.77. The lowest BCUT2D eigenvalue weighted by Gasteiger charge is -2.11. The molecule has 0 aromatic carbocycles. The van der Waals surface area contributed by atoms with Gasteiger partial charge in [-0.15, -0.1) is 6.42 Å². The number of hydrogen-bond donors (Lipinski definition) is 0. The van der Waals surface area contributed by atoms with E-state index in [1.54, 1.807) is 0 Å². The highest BCUT2D eigenvalue weighted by atomic mass is 16.6. The first-order valence-electron chi connectivity index (χ1n) is 6.23. The predicted molar refractivity (Wildman–Crippen MR) is 67.5 cm³/mol. The Morgan fingerprint density at radius 3 is 1.70 bits per heavy atom. The van der Waals surface area contributed by atoms with E-state index in [0.29, 0.717) is 13.2 Å². The quantitative estimate of drug-likeness (QED) is 0.443. The molecule has 20 heavy (non-hydrogen) atoms. The number of epoxide rings is 2. The SMILES string of the molecule is C#CCn1c(=O)n(CC2CO2)c(=O)n(CC2CO2)c1=O. The van der Waals surface area contributed by atoms with Crippen LogP contribution in [0, 0.1) is 12.3 Å². The molecule has 0 bridgehead atoms. The van der Waals surface area contributed by atoms with Crippen LogP contribution in [0.1, 0.15) is 0 Å². The Kier molecular flexibility index (Phi) is 3.08. The van der Waals surface area contributed by atoms with Crippen molar-refractivity contribution >= 4 is 0 Å². The van der Waals surface area contributed by atoms with E-state index in [9.17, 15) is 14.4 Å². The van der Waals surface area contributed by atoms with E-state index in [1.807, 2.05) is 0 Å². The van der Waals surface area contributed by atoms with Crippen LogP contribution in [-0.2, 0) is 29.1 Å². The summed E-state index contributed by atoms with van der Waals surface area (Å²) in [6.45, 7) is 1.11. The molecule has 106 valence electrons. The van der Waals surface area contributed by atoms with Gasteiger partial charge in [-0.1, -0.05) is 5.92 Å². The van der Waals surface area contributed by atoms with Gasteiger partial charge >= 0.3 is 17.1 Å². The first-order chi connectivity index (χ1) is 9.61. The highest BCUT2D eigenvalue weighted by Gasteiger charge is 2.29. The van der Waals surface area contributed by atoms with Gasteiger partial charge in [-0.3, -0.25) is 0 Å². The van der Waals surface area contributed by atoms with Crippen LogP contribution in [0.25, 0.3) is 0 Å². The third kappa shape index (κ3) is 2.33. The largest absolute Gasteiger partial charge is 0.371 e. The monoisotopic (exact) mass is 279 g/mol. The fourth-order valence-corrected chi connectivity index (χ4v) is 1.98. The molecule has 0 saturated carbocycles. The van der Waals surface area contributed by atoms with Crippen molar-refractivity contribution in [3.05, 3.63) is 31.5 Å². The zero-order valence-electron chi connectivity index (χ0n) is 10.7. The molecule has 2 fully saturated rings. The normalized spacial score (nSPS) is 23.4. The molecule has 2 aliphatic rings. The lowest BCUT2D eigenvalue weighted by molar-refractivity contribution is 0.343. The highest BCUT2D eigenvalue weighted by molar-refractivity contribution is 4.90. The van der Waals surface area contributed by atoms with E-state index in [1.165, 1.54) is 0 Å². The molecule has 8 heteroatoms. The predicted octanol–water partition coefficient (Wildman–Crippen LogP) is -2.40. The van der Waals surface area contributed by atoms with Crippen molar-refractivity contribution in [2.45, 2.75) is 31.8 Å². The summed E-state index contributed by atoms with van der Waals surface area (Å²) in [4.78, 5) is 36.5. The van der Waals surface area contributed by atoms with Crippen LogP contribution >= 0.6 is 0 Å².